The van der Waals surface area contributed by atoms with E-state index < -0.39 is 6.51 Å². The van der Waals surface area contributed by atoms with Gasteiger partial charge in [0.1, 0.15) is 0 Å². The monoisotopic (exact) mass is 268 g/mol. The van der Waals surface area contributed by atoms with Crippen molar-refractivity contribution in [2.45, 2.75) is 47.7 Å². The second-order valence-electron chi connectivity index (χ2n) is 10.7. The van der Waals surface area contributed by atoms with E-state index >= 15 is 0 Å². The molecular weight excluding hydrogens is 256 g/mol. The molecule has 0 saturated carbocycles. The SMILES string of the molecule is c1csc([C]23[CH]4[CH]5[CH]6[CH]2[Fe]56432789[CH]3[CH]2[CH]7[CH]8[CH]39)c1. The maximum absolute atomic E-state index is 2.75. The molecule has 0 nitrogen and oxygen atoms in total. The summed E-state index contributed by atoms with van der Waals surface area (Å²) in [6.45, 7) is -2.75. The van der Waals surface area contributed by atoms with Gasteiger partial charge in [0, 0.05) is 0 Å². The van der Waals surface area contributed by atoms with E-state index in [0.29, 0.717) is 0 Å². The summed E-state index contributed by atoms with van der Waals surface area (Å²) >= 11 is 2.16. The summed E-state index contributed by atoms with van der Waals surface area (Å²) in [5, 5.41) is 2.38. The van der Waals surface area contributed by atoms with E-state index in [2.05, 4.69) is 28.8 Å². The van der Waals surface area contributed by atoms with Gasteiger partial charge in [0.05, 0.1) is 0 Å². The molecule has 10 saturated heterocycles. The predicted octanol–water partition coefficient (Wildman–Crippen LogP) is 4.54. The van der Waals surface area contributed by atoms with Gasteiger partial charge < -0.3 is 0 Å². The average molecular weight is 268 g/mol. The summed E-state index contributed by atoms with van der Waals surface area (Å²) < 4.78 is 1.03. The van der Waals surface area contributed by atoms with E-state index in [4.69, 9.17) is 0 Å². The number of hydrogen-bond donors (Lipinski definition) is 0. The molecule has 0 bridgehead atoms. The molecule has 2 heteroatoms. The van der Waals surface area contributed by atoms with Crippen LogP contribution in [0.2, 0.25) is 43.3 Å². The first-order valence-corrected chi connectivity index (χ1v) is 14.1. The van der Waals surface area contributed by atoms with E-state index in [1.54, 1.807) is 0 Å². The molecule has 16 heavy (non-hydrogen) atoms. The summed E-state index contributed by atoms with van der Waals surface area (Å²) in [6, 6.07) is 4.91. The molecule has 11 heterocycles. The molecule has 0 N–H and O–H groups in total. The Bertz CT molecular complexity index is 983. The molecule has 1 aromatic rings. The number of fused-ring (bicyclic) bond motifs is 10. The fourth-order valence-corrected chi connectivity index (χ4v) is 94.1. The quantitative estimate of drug-likeness (QED) is 0.656. The second-order valence-corrected chi connectivity index (χ2v) is 35.2. The van der Waals surface area contributed by atoms with Crippen LogP contribution in [-0.4, -0.2) is 0 Å². The van der Waals surface area contributed by atoms with Gasteiger partial charge in [-0.05, 0) is 0 Å². The third-order valence-corrected chi connectivity index (χ3v) is 59.1. The molecule has 1 spiro atoms. The molecule has 0 radical (unpaired) electrons. The van der Waals surface area contributed by atoms with Crippen molar-refractivity contribution >= 4 is 11.3 Å². The van der Waals surface area contributed by atoms with Gasteiger partial charge in [0.15, 0.2) is 0 Å². The Morgan fingerprint density at radius 2 is 1.56 bits per heavy atom. The van der Waals surface area contributed by atoms with Gasteiger partial charge in [-0.2, -0.15) is 0 Å². The average Bonchev–Trinajstić information content (AvgIpc) is 3.20. The molecule has 10 aliphatic rings. The first kappa shape index (κ1) is 5.46. The van der Waals surface area contributed by atoms with Crippen molar-refractivity contribution in [3.63, 3.8) is 0 Å². The molecule has 0 aliphatic carbocycles. The van der Waals surface area contributed by atoms with Crippen molar-refractivity contribution in [1.82, 2.24) is 0 Å². The van der Waals surface area contributed by atoms with Crippen LogP contribution in [0.1, 0.15) is 4.88 Å². The Hall–Kier alpha value is 0.219. The van der Waals surface area contributed by atoms with Crippen molar-refractivity contribution in [2.75, 3.05) is 0 Å². The Balaban J connectivity index is 1.75. The van der Waals surface area contributed by atoms with Crippen molar-refractivity contribution < 1.29 is 6.51 Å². The van der Waals surface area contributed by atoms with E-state index in [1.165, 1.54) is 43.3 Å². The molecule has 10 aliphatic heterocycles. The Labute approximate surface area is 87.7 Å². The fraction of sp³-hybridized carbons (Fsp3) is 0.714. The van der Waals surface area contributed by atoms with Crippen LogP contribution < -0.4 is 0 Å². The molecule has 1 aromatic heterocycles. The molecule has 4 unspecified atom stereocenters. The van der Waals surface area contributed by atoms with Crippen LogP contribution >= 0.6 is 11.3 Å². The van der Waals surface area contributed by atoms with Gasteiger partial charge >= 0.3 is 87.9 Å². The van der Waals surface area contributed by atoms with Gasteiger partial charge in [-0.3, -0.25) is 0 Å². The van der Waals surface area contributed by atoms with E-state index in [9.17, 15) is 0 Å². The summed E-state index contributed by atoms with van der Waals surface area (Å²) in [4.78, 5) is 15.3. The predicted molar refractivity (Wildman–Crippen MR) is 59.7 cm³/mol. The third-order valence-electron chi connectivity index (χ3n) is 15.6. The number of hydrogen-bond acceptors (Lipinski definition) is 1. The Morgan fingerprint density at radius 1 is 0.938 bits per heavy atom. The van der Waals surface area contributed by atoms with Crippen molar-refractivity contribution in [1.29, 1.82) is 0 Å². The molecule has 10 fully saturated rings. The molecule has 0 amide bonds. The van der Waals surface area contributed by atoms with Gasteiger partial charge in [0.2, 0.25) is 0 Å². The van der Waals surface area contributed by atoms with Crippen molar-refractivity contribution in [2.24, 2.45) is 0 Å². The summed E-state index contributed by atoms with van der Waals surface area (Å²) in [5.74, 6) is 0. The normalized spacial score (nSPS) is 126. The van der Waals surface area contributed by atoms with Gasteiger partial charge in [-0.25, -0.2) is 0 Å². The van der Waals surface area contributed by atoms with Crippen LogP contribution in [0.3, 0.4) is 0 Å². The van der Waals surface area contributed by atoms with Crippen LogP contribution in [-0.2, 0) is 10.8 Å². The molecule has 4 atom stereocenters. The van der Waals surface area contributed by atoms with Crippen LogP contribution in [0.25, 0.3) is 0 Å². The third kappa shape index (κ3) is 0.0486. The van der Waals surface area contributed by atoms with Gasteiger partial charge in [-0.1, -0.05) is 0 Å². The van der Waals surface area contributed by atoms with E-state index in [0.717, 1.165) is 4.31 Å². The number of rotatable bonds is 1. The minimum absolute atomic E-state index is 1.03. The zero-order valence-electron chi connectivity index (χ0n) is 8.69. The Morgan fingerprint density at radius 3 is 1.88 bits per heavy atom. The zero-order valence-corrected chi connectivity index (χ0v) is 10.6. The van der Waals surface area contributed by atoms with E-state index in [1.807, 2.05) is 4.88 Å². The van der Waals surface area contributed by atoms with Crippen molar-refractivity contribution in [3.8, 4) is 0 Å². The van der Waals surface area contributed by atoms with Crippen LogP contribution in [0.4, 0.5) is 0 Å². The minimum atomic E-state index is -2.75. The maximum atomic E-state index is 2.56. The Kier molecular flexibility index (Phi) is 0.145. The first-order chi connectivity index (χ1) is 7.65. The number of thiophene rings is 1. The summed E-state index contributed by atoms with van der Waals surface area (Å²) in [5.41, 5.74) is 0. The standard InChI is InChI=1S/C9H7S.C5H5.Fe/c1-2-5-8(4-1)9-6-3-7-10-9;1-2-4-5-3-1;/h1-7H;1-5H;. The van der Waals surface area contributed by atoms with E-state index in [-0.39, 0.29) is 0 Å². The molecule has 0 aromatic carbocycles. The topological polar surface area (TPSA) is 0 Å². The van der Waals surface area contributed by atoms with Gasteiger partial charge in [-0.15, -0.1) is 0 Å². The van der Waals surface area contributed by atoms with Crippen LogP contribution in [0.15, 0.2) is 17.5 Å². The summed E-state index contributed by atoms with van der Waals surface area (Å²) in [7, 11) is 0. The van der Waals surface area contributed by atoms with Crippen molar-refractivity contribution in [3.05, 3.63) is 22.4 Å². The summed E-state index contributed by atoms with van der Waals surface area (Å²) in [6.07, 6.45) is 0. The van der Waals surface area contributed by atoms with Crippen LogP contribution in [0.5, 0.6) is 0 Å². The van der Waals surface area contributed by atoms with Crippen LogP contribution in [0, 0.1) is 0 Å². The second kappa shape index (κ2) is 0.424. The molecule has 82 valence electrons. The zero-order chi connectivity index (χ0) is 9.42. The first-order valence-electron chi connectivity index (χ1n) is 6.90. The molecule has 11 rings (SSSR count). The van der Waals surface area contributed by atoms with Gasteiger partial charge in [0.25, 0.3) is 0 Å². The molecular formula is C14H12FeS. The fourth-order valence-electron chi connectivity index (χ4n) is 17.4.